The largest absolute Gasteiger partial charge is 0.490 e. The quantitative estimate of drug-likeness (QED) is 0.545. The standard InChI is InChI=1S/C21H26Cl2N2O5S/c1-5-29-18-8-7-14(11-19(18)30-6-2)9-10-24-21(26)15-12-20(17(23)13-16(15)22)31(27,28)25(3)4/h7-8,11-13H,5-6,9-10H2,1-4H3,(H,24,26). The van der Waals surface area contributed by atoms with Gasteiger partial charge >= 0.3 is 0 Å². The van der Waals surface area contributed by atoms with Crippen molar-refractivity contribution in [1.29, 1.82) is 0 Å². The number of hydrogen-bond acceptors (Lipinski definition) is 5. The molecule has 2 rings (SSSR count). The Kier molecular flexibility index (Phi) is 9.00. The Morgan fingerprint density at radius 2 is 1.65 bits per heavy atom. The number of nitrogens with zero attached hydrogens (tertiary/aromatic N) is 1. The molecule has 0 spiro atoms. The number of rotatable bonds is 10. The Balaban J connectivity index is 2.14. The SMILES string of the molecule is CCOc1ccc(CCNC(=O)c2cc(S(=O)(=O)N(C)C)c(Cl)cc2Cl)cc1OCC. The fourth-order valence-electron chi connectivity index (χ4n) is 2.76. The van der Waals surface area contributed by atoms with Crippen molar-refractivity contribution in [1.82, 2.24) is 9.62 Å². The summed E-state index contributed by atoms with van der Waals surface area (Å²) in [6.07, 6.45) is 0.534. The van der Waals surface area contributed by atoms with Gasteiger partial charge in [-0.2, -0.15) is 0 Å². The lowest BCUT2D eigenvalue weighted by atomic mass is 10.1. The van der Waals surface area contributed by atoms with Crippen LogP contribution < -0.4 is 14.8 Å². The third kappa shape index (κ3) is 6.26. The molecule has 0 radical (unpaired) electrons. The second kappa shape index (κ2) is 11.0. The maximum Gasteiger partial charge on any atom is 0.252 e. The maximum atomic E-state index is 12.6. The molecular formula is C21H26Cl2N2O5S. The van der Waals surface area contributed by atoms with Crippen LogP contribution in [-0.4, -0.2) is 52.5 Å². The predicted octanol–water partition coefficient (Wildman–Crippen LogP) is 4.01. The van der Waals surface area contributed by atoms with Crippen LogP contribution in [-0.2, 0) is 16.4 Å². The summed E-state index contributed by atoms with van der Waals surface area (Å²) in [5, 5.41) is 2.78. The van der Waals surface area contributed by atoms with Gasteiger partial charge in [0.15, 0.2) is 11.5 Å². The van der Waals surface area contributed by atoms with E-state index in [0.29, 0.717) is 37.7 Å². The normalized spacial score (nSPS) is 11.5. The van der Waals surface area contributed by atoms with Crippen LogP contribution >= 0.6 is 23.2 Å². The molecule has 0 aliphatic heterocycles. The van der Waals surface area contributed by atoms with E-state index in [1.165, 1.54) is 26.2 Å². The van der Waals surface area contributed by atoms with Crippen molar-refractivity contribution >= 4 is 39.1 Å². The van der Waals surface area contributed by atoms with Gasteiger partial charge in [0.05, 0.1) is 28.8 Å². The zero-order chi connectivity index (χ0) is 23.2. The summed E-state index contributed by atoms with van der Waals surface area (Å²) in [5.41, 5.74) is 0.985. The van der Waals surface area contributed by atoms with Crippen molar-refractivity contribution in [2.75, 3.05) is 33.9 Å². The molecule has 1 amide bonds. The number of sulfonamides is 1. The van der Waals surface area contributed by atoms with Gasteiger partial charge in [-0.15, -0.1) is 0 Å². The second-order valence-corrected chi connectivity index (χ2v) is 9.64. The van der Waals surface area contributed by atoms with Crippen LogP contribution in [0, 0.1) is 0 Å². The van der Waals surface area contributed by atoms with E-state index in [0.717, 1.165) is 9.87 Å². The lowest BCUT2D eigenvalue weighted by Crippen LogP contribution is -2.27. The van der Waals surface area contributed by atoms with Crippen LogP contribution in [0.2, 0.25) is 10.0 Å². The highest BCUT2D eigenvalue weighted by molar-refractivity contribution is 7.89. The molecular weight excluding hydrogens is 463 g/mol. The summed E-state index contributed by atoms with van der Waals surface area (Å²) in [6, 6.07) is 8.06. The Bertz CT molecular complexity index is 1040. The molecule has 0 aliphatic rings. The smallest absolute Gasteiger partial charge is 0.252 e. The molecule has 2 aromatic rings. The van der Waals surface area contributed by atoms with Crippen LogP contribution in [0.4, 0.5) is 0 Å². The zero-order valence-corrected chi connectivity index (χ0v) is 20.2. The number of carbonyl (C=O) groups excluding carboxylic acids is 1. The molecule has 0 unspecified atom stereocenters. The molecule has 0 aromatic heterocycles. The minimum Gasteiger partial charge on any atom is -0.490 e. The second-order valence-electron chi connectivity index (χ2n) is 6.70. The minimum absolute atomic E-state index is 0.0354. The lowest BCUT2D eigenvalue weighted by Gasteiger charge is -2.15. The molecule has 10 heteroatoms. The molecule has 2 aromatic carbocycles. The van der Waals surface area contributed by atoms with Crippen molar-refractivity contribution in [2.24, 2.45) is 0 Å². The van der Waals surface area contributed by atoms with E-state index in [1.54, 1.807) is 0 Å². The molecule has 0 atom stereocenters. The lowest BCUT2D eigenvalue weighted by molar-refractivity contribution is 0.0954. The summed E-state index contributed by atoms with van der Waals surface area (Å²) in [6.45, 7) is 5.14. The summed E-state index contributed by atoms with van der Waals surface area (Å²) < 4.78 is 37.1. The zero-order valence-electron chi connectivity index (χ0n) is 17.9. The first-order valence-electron chi connectivity index (χ1n) is 9.70. The predicted molar refractivity (Wildman–Crippen MR) is 122 cm³/mol. The van der Waals surface area contributed by atoms with E-state index in [9.17, 15) is 13.2 Å². The molecule has 0 bridgehead atoms. The van der Waals surface area contributed by atoms with Gasteiger partial charge in [-0.25, -0.2) is 12.7 Å². The van der Waals surface area contributed by atoms with Gasteiger partial charge in [0, 0.05) is 20.6 Å². The fourth-order valence-corrected chi connectivity index (χ4v) is 4.49. The third-order valence-electron chi connectivity index (χ3n) is 4.33. The number of nitrogens with one attached hydrogen (secondary N) is 1. The van der Waals surface area contributed by atoms with Crippen LogP contribution in [0.5, 0.6) is 11.5 Å². The molecule has 0 heterocycles. The van der Waals surface area contributed by atoms with Crippen LogP contribution in [0.3, 0.4) is 0 Å². The number of amides is 1. The van der Waals surface area contributed by atoms with Gasteiger partial charge in [-0.05, 0) is 50.1 Å². The molecule has 7 nitrogen and oxygen atoms in total. The molecule has 0 saturated carbocycles. The number of hydrogen-bond donors (Lipinski definition) is 1. The Morgan fingerprint density at radius 3 is 2.26 bits per heavy atom. The summed E-state index contributed by atoms with van der Waals surface area (Å²) in [4.78, 5) is 12.5. The summed E-state index contributed by atoms with van der Waals surface area (Å²) in [5.74, 6) is 0.819. The Hall–Kier alpha value is -2.00. The van der Waals surface area contributed by atoms with E-state index in [-0.39, 0.29) is 20.5 Å². The molecule has 1 N–H and O–H groups in total. The highest BCUT2D eigenvalue weighted by Gasteiger charge is 2.24. The molecule has 170 valence electrons. The van der Waals surface area contributed by atoms with E-state index < -0.39 is 15.9 Å². The minimum atomic E-state index is -3.83. The molecule has 0 saturated heterocycles. The number of ether oxygens (including phenoxy) is 2. The average Bonchev–Trinajstić information content (AvgIpc) is 2.69. The topological polar surface area (TPSA) is 84.9 Å². The van der Waals surface area contributed by atoms with Crippen LogP contribution in [0.25, 0.3) is 0 Å². The molecule has 0 aliphatic carbocycles. The van der Waals surface area contributed by atoms with E-state index in [4.69, 9.17) is 32.7 Å². The van der Waals surface area contributed by atoms with Crippen LogP contribution in [0.15, 0.2) is 35.2 Å². The molecule has 0 fully saturated rings. The number of benzene rings is 2. The van der Waals surface area contributed by atoms with Gasteiger partial charge in [0.1, 0.15) is 4.90 Å². The van der Waals surface area contributed by atoms with E-state index >= 15 is 0 Å². The van der Waals surface area contributed by atoms with E-state index in [2.05, 4.69) is 5.32 Å². The number of halogens is 2. The van der Waals surface area contributed by atoms with Gasteiger partial charge in [0.25, 0.3) is 5.91 Å². The third-order valence-corrected chi connectivity index (χ3v) is 6.92. The van der Waals surface area contributed by atoms with Gasteiger partial charge in [-0.1, -0.05) is 29.3 Å². The monoisotopic (exact) mass is 488 g/mol. The summed E-state index contributed by atoms with van der Waals surface area (Å²) in [7, 11) is -1.06. The highest BCUT2D eigenvalue weighted by Crippen LogP contribution is 2.30. The van der Waals surface area contributed by atoms with Crippen molar-refractivity contribution in [3.05, 3.63) is 51.5 Å². The summed E-state index contributed by atoms with van der Waals surface area (Å²) >= 11 is 12.2. The van der Waals surface area contributed by atoms with Gasteiger partial charge in [0.2, 0.25) is 10.0 Å². The van der Waals surface area contributed by atoms with Crippen LogP contribution in [0.1, 0.15) is 29.8 Å². The van der Waals surface area contributed by atoms with Crippen molar-refractivity contribution in [2.45, 2.75) is 25.2 Å². The Morgan fingerprint density at radius 1 is 1.00 bits per heavy atom. The van der Waals surface area contributed by atoms with Crippen molar-refractivity contribution in [3.8, 4) is 11.5 Å². The first kappa shape index (κ1) is 25.3. The van der Waals surface area contributed by atoms with Gasteiger partial charge in [-0.3, -0.25) is 4.79 Å². The van der Waals surface area contributed by atoms with E-state index in [1.807, 2.05) is 32.0 Å². The highest BCUT2D eigenvalue weighted by atomic mass is 35.5. The first-order chi connectivity index (χ1) is 14.6. The molecule has 31 heavy (non-hydrogen) atoms. The average molecular weight is 489 g/mol. The first-order valence-corrected chi connectivity index (χ1v) is 11.9. The fraction of sp³-hybridized carbons (Fsp3) is 0.381. The maximum absolute atomic E-state index is 12.6. The van der Waals surface area contributed by atoms with Crippen molar-refractivity contribution < 1.29 is 22.7 Å². The van der Waals surface area contributed by atoms with Crippen molar-refractivity contribution in [3.63, 3.8) is 0 Å². The van der Waals surface area contributed by atoms with Gasteiger partial charge < -0.3 is 14.8 Å². The number of carbonyl (C=O) groups is 1. The Labute approximate surface area is 193 Å².